The second kappa shape index (κ2) is 9.57. The molecule has 0 unspecified atom stereocenters. The van der Waals surface area contributed by atoms with Gasteiger partial charge >= 0.3 is 5.97 Å². The Kier molecular flexibility index (Phi) is 6.40. The van der Waals surface area contributed by atoms with Crippen LogP contribution in [0.4, 0.5) is 0 Å². The molecule has 1 aromatic heterocycles. The molecule has 0 amide bonds. The number of benzene rings is 2. The van der Waals surface area contributed by atoms with E-state index in [-0.39, 0.29) is 57.8 Å². The van der Waals surface area contributed by atoms with Crippen LogP contribution in [0.2, 0.25) is 0 Å². The number of ether oxygens (including phenoxy) is 6. The van der Waals surface area contributed by atoms with E-state index in [2.05, 4.69) is 0 Å². The van der Waals surface area contributed by atoms with Crippen LogP contribution in [0.3, 0.4) is 0 Å². The fraction of sp³-hybridized carbons (Fsp3) is 0.333. The van der Waals surface area contributed by atoms with Gasteiger partial charge in [-0.1, -0.05) is 0 Å². The van der Waals surface area contributed by atoms with Crippen LogP contribution in [0.5, 0.6) is 34.5 Å². The minimum Gasteiger partial charge on any atom is -0.504 e. The maximum absolute atomic E-state index is 13.2. The molecule has 14 heteroatoms. The largest absolute Gasteiger partial charge is 0.504 e. The van der Waals surface area contributed by atoms with Crippen LogP contribution in [0, 0.1) is 0 Å². The minimum atomic E-state index is -1.88. The molecule has 0 aliphatic carbocycles. The van der Waals surface area contributed by atoms with Gasteiger partial charge in [0.15, 0.2) is 34.9 Å². The predicted molar refractivity (Wildman–Crippen MR) is 124 cm³/mol. The number of rotatable bonds is 6. The highest BCUT2D eigenvalue weighted by atomic mass is 16.7. The lowest BCUT2D eigenvalue weighted by molar-refractivity contribution is -0.271. The lowest BCUT2D eigenvalue weighted by Gasteiger charge is -2.38. The molecule has 2 aromatic carbocycles. The average Bonchev–Trinajstić information content (AvgIpc) is 3.37. The maximum atomic E-state index is 13.2. The summed E-state index contributed by atoms with van der Waals surface area (Å²) < 4.78 is 37.8. The Bertz CT molecular complexity index is 1460. The van der Waals surface area contributed by atoms with E-state index < -0.39 is 47.9 Å². The van der Waals surface area contributed by atoms with Gasteiger partial charge in [0.1, 0.15) is 29.3 Å². The fourth-order valence-corrected chi connectivity index (χ4v) is 4.23. The van der Waals surface area contributed by atoms with Crippen molar-refractivity contribution in [2.75, 3.05) is 21.0 Å². The van der Waals surface area contributed by atoms with Crippen molar-refractivity contribution in [2.45, 2.75) is 30.7 Å². The maximum Gasteiger partial charge on any atom is 0.335 e. The summed E-state index contributed by atoms with van der Waals surface area (Å²) in [5.41, 5.74) is -0.395. The molecule has 5 atom stereocenters. The smallest absolute Gasteiger partial charge is 0.335 e. The van der Waals surface area contributed by atoms with Gasteiger partial charge in [-0.2, -0.15) is 0 Å². The molecule has 2 aliphatic rings. The molecule has 0 spiro atoms. The Morgan fingerprint density at radius 3 is 2.45 bits per heavy atom. The van der Waals surface area contributed by atoms with Crippen molar-refractivity contribution in [3.8, 4) is 45.8 Å². The summed E-state index contributed by atoms with van der Waals surface area (Å²) in [6.45, 7) is -0.140. The quantitative estimate of drug-likeness (QED) is 0.286. The summed E-state index contributed by atoms with van der Waals surface area (Å²) in [4.78, 5) is 24.6. The number of fused-ring (bicyclic) bond motifs is 2. The van der Waals surface area contributed by atoms with E-state index in [0.29, 0.717) is 0 Å². The van der Waals surface area contributed by atoms with E-state index in [4.69, 9.17) is 32.8 Å². The summed E-state index contributed by atoms with van der Waals surface area (Å²) in [7, 11) is 2.55. The number of carboxylic acids is 1. The first-order chi connectivity index (χ1) is 18.2. The molecule has 0 saturated carbocycles. The van der Waals surface area contributed by atoms with E-state index in [1.807, 2.05) is 0 Å². The molecule has 3 aromatic rings. The van der Waals surface area contributed by atoms with Crippen LogP contribution >= 0.6 is 0 Å². The molecule has 0 bridgehead atoms. The van der Waals surface area contributed by atoms with Crippen molar-refractivity contribution in [3.63, 3.8) is 0 Å². The number of carboxylic acid groups (broad SMARTS) is 1. The number of aliphatic carboxylic acids is 1. The molecule has 14 nitrogen and oxygen atoms in total. The standard InChI is InChI=1S/C24H22O14/c1-32-10-5-8(3-4-9(10)37-24-18(29)16(27)17(28)22(38-24)23(30)31)19-21(33-2)15(26)13-11(36-19)6-12-20(14(13)25)35-7-34-12/h3-6,16-18,22,24-25,27-29H,7H2,1-2H3,(H,30,31)/t16-,17-,18+,22-,24+/m0/s1. The minimum absolute atomic E-state index is 0.00201. The molecule has 2 aliphatic heterocycles. The molecule has 5 rings (SSSR count). The van der Waals surface area contributed by atoms with Crippen LogP contribution in [0.1, 0.15) is 0 Å². The second-order valence-corrected chi connectivity index (χ2v) is 8.34. The van der Waals surface area contributed by atoms with Crippen molar-refractivity contribution < 1.29 is 63.2 Å². The number of aliphatic hydroxyl groups excluding tert-OH is 3. The van der Waals surface area contributed by atoms with Gasteiger partial charge in [-0.25, -0.2) is 4.79 Å². The summed E-state index contributed by atoms with van der Waals surface area (Å²) >= 11 is 0. The number of phenolic OH excluding ortho intramolecular Hbond substituents is 1. The highest BCUT2D eigenvalue weighted by Gasteiger charge is 2.48. The van der Waals surface area contributed by atoms with Gasteiger partial charge in [0, 0.05) is 11.6 Å². The van der Waals surface area contributed by atoms with E-state index in [1.54, 1.807) is 0 Å². The van der Waals surface area contributed by atoms with Crippen molar-refractivity contribution in [3.05, 3.63) is 34.5 Å². The zero-order chi connectivity index (χ0) is 27.3. The third kappa shape index (κ3) is 3.99. The lowest BCUT2D eigenvalue weighted by Crippen LogP contribution is -2.61. The average molecular weight is 534 g/mol. The van der Waals surface area contributed by atoms with Gasteiger partial charge in [-0.3, -0.25) is 4.79 Å². The van der Waals surface area contributed by atoms with Crippen molar-refractivity contribution in [2.24, 2.45) is 0 Å². The Morgan fingerprint density at radius 2 is 1.76 bits per heavy atom. The number of aromatic hydroxyl groups is 1. The molecule has 1 fully saturated rings. The molecule has 0 radical (unpaired) electrons. The Hall–Kier alpha value is -4.24. The number of hydrogen-bond donors (Lipinski definition) is 5. The first-order valence-corrected chi connectivity index (χ1v) is 11.1. The van der Waals surface area contributed by atoms with Gasteiger partial charge in [-0.15, -0.1) is 0 Å². The molecule has 202 valence electrons. The van der Waals surface area contributed by atoms with Crippen LogP contribution < -0.4 is 29.1 Å². The van der Waals surface area contributed by atoms with Gasteiger partial charge in [0.05, 0.1) is 14.2 Å². The first kappa shape index (κ1) is 25.4. The number of aliphatic hydroxyl groups is 3. The summed E-state index contributed by atoms with van der Waals surface area (Å²) in [6.07, 6.45) is -9.05. The molecule has 38 heavy (non-hydrogen) atoms. The number of phenols is 1. The monoisotopic (exact) mass is 534 g/mol. The molecular formula is C24H22O14. The van der Waals surface area contributed by atoms with E-state index in [9.17, 15) is 35.1 Å². The molecule has 1 saturated heterocycles. The van der Waals surface area contributed by atoms with Crippen molar-refractivity contribution in [1.29, 1.82) is 0 Å². The fourth-order valence-electron chi connectivity index (χ4n) is 4.23. The Morgan fingerprint density at radius 1 is 1.00 bits per heavy atom. The van der Waals surface area contributed by atoms with E-state index in [1.165, 1.54) is 38.5 Å². The predicted octanol–water partition coefficient (Wildman–Crippen LogP) is 0.182. The SMILES string of the molecule is COc1cc(-c2oc3cc4c(c(O)c3c(=O)c2OC)OCO4)ccc1O[C@@H]1O[C@H](C(=O)O)[C@@H](O)[C@H](O)[C@H]1O. The third-order valence-electron chi connectivity index (χ3n) is 6.14. The van der Waals surface area contributed by atoms with E-state index >= 15 is 0 Å². The number of hydrogen-bond acceptors (Lipinski definition) is 13. The zero-order valence-electron chi connectivity index (χ0n) is 19.8. The van der Waals surface area contributed by atoms with Gasteiger partial charge < -0.3 is 58.4 Å². The van der Waals surface area contributed by atoms with E-state index in [0.717, 1.165) is 0 Å². The lowest BCUT2D eigenvalue weighted by atomic mass is 9.99. The third-order valence-corrected chi connectivity index (χ3v) is 6.14. The highest BCUT2D eigenvalue weighted by Crippen LogP contribution is 2.46. The van der Waals surface area contributed by atoms with Gasteiger partial charge in [0.2, 0.25) is 30.0 Å². The number of methoxy groups -OCH3 is 2. The molecular weight excluding hydrogens is 512 g/mol. The zero-order valence-corrected chi connectivity index (χ0v) is 19.8. The summed E-state index contributed by atoms with van der Waals surface area (Å²) in [5, 5.41) is 49.8. The molecule has 3 heterocycles. The first-order valence-electron chi connectivity index (χ1n) is 11.1. The Balaban J connectivity index is 1.54. The van der Waals surface area contributed by atoms with Crippen molar-refractivity contribution in [1.82, 2.24) is 0 Å². The molecule has 5 N–H and O–H groups in total. The summed E-state index contributed by atoms with van der Waals surface area (Å²) in [5.74, 6) is -2.05. The van der Waals surface area contributed by atoms with Crippen LogP contribution in [0.15, 0.2) is 33.5 Å². The topological polar surface area (TPSA) is 204 Å². The van der Waals surface area contributed by atoms with Crippen LogP contribution in [-0.4, -0.2) is 83.2 Å². The van der Waals surface area contributed by atoms with Crippen LogP contribution in [0.25, 0.3) is 22.3 Å². The highest BCUT2D eigenvalue weighted by molar-refractivity contribution is 5.91. The number of carbonyl (C=O) groups is 1. The van der Waals surface area contributed by atoms with Gasteiger partial charge in [-0.05, 0) is 18.2 Å². The normalized spacial score (nSPS) is 24.3. The summed E-state index contributed by atoms with van der Waals surface area (Å²) in [6, 6.07) is 5.62. The van der Waals surface area contributed by atoms with Crippen LogP contribution in [-0.2, 0) is 9.53 Å². The van der Waals surface area contributed by atoms with Crippen molar-refractivity contribution >= 4 is 16.9 Å². The Labute approximate surface area is 212 Å². The van der Waals surface area contributed by atoms with Gasteiger partial charge in [0.25, 0.3) is 0 Å². The second-order valence-electron chi connectivity index (χ2n) is 8.34.